The molecular formula is C25H28N8O2S. The zero-order chi connectivity index (χ0) is 24.5. The van der Waals surface area contributed by atoms with E-state index in [0.29, 0.717) is 26.2 Å². The maximum absolute atomic E-state index is 12.6. The number of urea groups is 1. The predicted octanol–water partition coefficient (Wildman–Crippen LogP) is 3.18. The number of aliphatic hydroxyl groups excluding tert-OH is 1. The third-order valence-electron chi connectivity index (χ3n) is 6.81. The second kappa shape index (κ2) is 9.84. The average Bonchev–Trinajstić information content (AvgIpc) is 3.64. The maximum atomic E-state index is 12.6. The highest BCUT2D eigenvalue weighted by Gasteiger charge is 2.22. The van der Waals surface area contributed by atoms with Crippen molar-refractivity contribution in [3.8, 4) is 0 Å². The monoisotopic (exact) mass is 504 g/mol. The van der Waals surface area contributed by atoms with Gasteiger partial charge in [-0.2, -0.15) is 0 Å². The molecule has 0 bridgehead atoms. The summed E-state index contributed by atoms with van der Waals surface area (Å²) >= 11 is 1.61. The minimum absolute atomic E-state index is 0.0445. The van der Waals surface area contributed by atoms with Crippen LogP contribution < -0.4 is 10.6 Å². The number of aliphatic hydroxyl groups is 1. The van der Waals surface area contributed by atoms with Gasteiger partial charge in [0.1, 0.15) is 17.8 Å². The van der Waals surface area contributed by atoms with Gasteiger partial charge in [0.25, 0.3) is 0 Å². The zero-order valence-corrected chi connectivity index (χ0v) is 20.6. The fourth-order valence-corrected chi connectivity index (χ4v) is 5.54. The van der Waals surface area contributed by atoms with Crippen LogP contribution in [-0.2, 0) is 0 Å². The largest absolute Gasteiger partial charge is 0.392 e. The molecule has 0 unspecified atom stereocenters. The molecular weight excluding hydrogens is 476 g/mol. The summed E-state index contributed by atoms with van der Waals surface area (Å²) in [6.45, 7) is 4.15. The van der Waals surface area contributed by atoms with E-state index in [1.165, 1.54) is 5.57 Å². The number of thiazole rings is 1. The van der Waals surface area contributed by atoms with E-state index in [0.717, 1.165) is 64.4 Å². The van der Waals surface area contributed by atoms with Crippen molar-refractivity contribution in [2.24, 2.45) is 0 Å². The van der Waals surface area contributed by atoms with Crippen molar-refractivity contribution in [3.05, 3.63) is 47.9 Å². The number of fused-ring (bicyclic) bond motifs is 2. The molecule has 0 radical (unpaired) electrons. The van der Waals surface area contributed by atoms with Crippen LogP contribution in [0.5, 0.6) is 0 Å². The number of benzene rings is 1. The quantitative estimate of drug-likeness (QED) is 0.318. The van der Waals surface area contributed by atoms with Crippen molar-refractivity contribution in [2.75, 3.05) is 44.6 Å². The van der Waals surface area contributed by atoms with E-state index in [9.17, 15) is 9.90 Å². The molecule has 11 heteroatoms. The number of β-amino-alcohol motifs (C(OH)–C–C–N with tert-alkyl or cyclic N) is 1. The first-order valence-electron chi connectivity index (χ1n) is 12.2. The van der Waals surface area contributed by atoms with Gasteiger partial charge in [-0.3, -0.25) is 4.90 Å². The summed E-state index contributed by atoms with van der Waals surface area (Å²) in [5.74, 6) is 0.745. The number of amides is 2. The third-order valence-corrected chi connectivity index (χ3v) is 7.61. The molecule has 0 spiro atoms. The number of aromatic amines is 1. The molecule has 1 fully saturated rings. The first-order valence-corrected chi connectivity index (χ1v) is 13.1. The number of nitrogens with zero attached hydrogens (tertiary/aromatic N) is 5. The molecule has 186 valence electrons. The summed E-state index contributed by atoms with van der Waals surface area (Å²) < 4.78 is 1.12. The Morgan fingerprint density at radius 1 is 1.22 bits per heavy atom. The van der Waals surface area contributed by atoms with Gasteiger partial charge in [0, 0.05) is 50.6 Å². The SMILES string of the molecule is O=C(NCCN1CC[C@H](O)C1)N1CC=C(c2cc3c(Nc4ccc5ncsc5c4)ncnc3[nH]2)CC1. The Morgan fingerprint density at radius 2 is 2.17 bits per heavy atom. The molecule has 1 aromatic carbocycles. The molecule has 1 atom stereocenters. The highest BCUT2D eigenvalue weighted by Crippen LogP contribution is 2.30. The van der Waals surface area contributed by atoms with Crippen LogP contribution in [0.1, 0.15) is 18.5 Å². The van der Waals surface area contributed by atoms with Crippen LogP contribution in [0.2, 0.25) is 0 Å². The zero-order valence-electron chi connectivity index (χ0n) is 19.8. The topological polar surface area (TPSA) is 122 Å². The summed E-state index contributed by atoms with van der Waals surface area (Å²) in [7, 11) is 0. The van der Waals surface area contributed by atoms with Crippen molar-refractivity contribution >= 4 is 55.7 Å². The van der Waals surface area contributed by atoms with Gasteiger partial charge in [0.15, 0.2) is 0 Å². The number of aromatic nitrogens is 4. The number of hydrogen-bond acceptors (Lipinski definition) is 8. The Morgan fingerprint density at radius 3 is 3.00 bits per heavy atom. The van der Waals surface area contributed by atoms with Crippen molar-refractivity contribution < 1.29 is 9.90 Å². The van der Waals surface area contributed by atoms with Crippen LogP contribution in [0.4, 0.5) is 16.3 Å². The number of likely N-dealkylation sites (tertiary alicyclic amines) is 1. The van der Waals surface area contributed by atoms with E-state index in [2.05, 4.69) is 53.7 Å². The molecule has 2 amide bonds. The highest BCUT2D eigenvalue weighted by atomic mass is 32.1. The minimum atomic E-state index is -0.234. The molecule has 1 saturated heterocycles. The van der Waals surface area contributed by atoms with Crippen molar-refractivity contribution in [1.82, 2.24) is 35.1 Å². The molecule has 4 aromatic rings. The summed E-state index contributed by atoms with van der Waals surface area (Å²) in [5.41, 5.74) is 6.72. The number of hydrogen-bond donors (Lipinski definition) is 4. The van der Waals surface area contributed by atoms with Crippen LogP contribution in [0.3, 0.4) is 0 Å². The summed E-state index contributed by atoms with van der Waals surface area (Å²) in [4.78, 5) is 33.2. The molecule has 10 nitrogen and oxygen atoms in total. The van der Waals surface area contributed by atoms with Crippen molar-refractivity contribution in [3.63, 3.8) is 0 Å². The Kier molecular flexibility index (Phi) is 6.26. The number of rotatable bonds is 6. The maximum Gasteiger partial charge on any atom is 0.317 e. The fraction of sp³-hybridized carbons (Fsp3) is 0.360. The number of nitrogens with one attached hydrogen (secondary N) is 3. The molecule has 2 aliphatic heterocycles. The minimum Gasteiger partial charge on any atom is -0.392 e. The number of H-pyrrole nitrogens is 1. The first kappa shape index (κ1) is 22.9. The van der Waals surface area contributed by atoms with Gasteiger partial charge < -0.3 is 25.6 Å². The summed E-state index contributed by atoms with van der Waals surface area (Å²) in [5, 5.41) is 17.0. The second-order valence-corrected chi connectivity index (χ2v) is 10.1. The lowest BCUT2D eigenvalue weighted by Gasteiger charge is -2.27. The third kappa shape index (κ3) is 4.77. The molecule has 4 N–H and O–H groups in total. The molecule has 5 heterocycles. The van der Waals surface area contributed by atoms with Gasteiger partial charge in [-0.05, 0) is 42.7 Å². The Labute approximate surface area is 212 Å². The molecule has 3 aromatic heterocycles. The number of carbonyl (C=O) groups excluding carboxylic acids is 1. The van der Waals surface area contributed by atoms with Crippen LogP contribution in [-0.4, -0.2) is 86.2 Å². The van der Waals surface area contributed by atoms with Crippen LogP contribution >= 0.6 is 11.3 Å². The Bertz CT molecular complexity index is 1430. The van der Waals surface area contributed by atoms with Gasteiger partial charge in [-0.1, -0.05) is 6.08 Å². The van der Waals surface area contributed by atoms with E-state index in [1.807, 2.05) is 22.5 Å². The molecule has 2 aliphatic rings. The molecule has 6 rings (SSSR count). The normalized spacial score (nSPS) is 18.6. The Hall–Kier alpha value is -3.54. The second-order valence-electron chi connectivity index (χ2n) is 9.23. The number of carbonyl (C=O) groups is 1. The molecule has 0 saturated carbocycles. The average molecular weight is 505 g/mol. The van der Waals surface area contributed by atoms with Gasteiger partial charge in [-0.15, -0.1) is 11.3 Å². The lowest BCUT2D eigenvalue weighted by Crippen LogP contribution is -2.44. The van der Waals surface area contributed by atoms with Crippen molar-refractivity contribution in [2.45, 2.75) is 18.9 Å². The van der Waals surface area contributed by atoms with Crippen LogP contribution in [0, 0.1) is 0 Å². The summed E-state index contributed by atoms with van der Waals surface area (Å²) in [6, 6.07) is 8.11. The van der Waals surface area contributed by atoms with Crippen LogP contribution in [0.25, 0.3) is 26.8 Å². The van der Waals surface area contributed by atoms with E-state index >= 15 is 0 Å². The lowest BCUT2D eigenvalue weighted by atomic mass is 10.1. The summed E-state index contributed by atoms with van der Waals surface area (Å²) in [6.07, 6.45) is 5.00. The van der Waals surface area contributed by atoms with Gasteiger partial charge in [0.2, 0.25) is 0 Å². The smallest absolute Gasteiger partial charge is 0.317 e. The standard InChI is InChI=1S/C25H28N8O2S/c34-18-5-7-32(13-18)10-6-26-25(35)33-8-3-16(4-9-33)21-12-19-23(27-14-28-24(19)31-21)30-17-1-2-20-22(11-17)36-15-29-20/h1-3,11-12,14-15,18,34H,4-10,13H2,(H,26,35)(H2,27,28,30,31)/t18-/m0/s1. The van der Waals surface area contributed by atoms with E-state index < -0.39 is 0 Å². The van der Waals surface area contributed by atoms with Crippen molar-refractivity contribution in [1.29, 1.82) is 0 Å². The fourth-order valence-electron chi connectivity index (χ4n) is 4.83. The Balaban J connectivity index is 1.10. The predicted molar refractivity (Wildman–Crippen MR) is 141 cm³/mol. The molecule has 36 heavy (non-hydrogen) atoms. The van der Waals surface area contributed by atoms with Gasteiger partial charge in [0.05, 0.1) is 27.2 Å². The number of anilines is 2. The van der Waals surface area contributed by atoms with E-state index in [4.69, 9.17) is 0 Å². The van der Waals surface area contributed by atoms with Gasteiger partial charge in [-0.25, -0.2) is 19.7 Å². The first-order chi connectivity index (χ1) is 17.6. The van der Waals surface area contributed by atoms with Gasteiger partial charge >= 0.3 is 6.03 Å². The lowest BCUT2D eigenvalue weighted by molar-refractivity contribution is 0.175. The van der Waals surface area contributed by atoms with E-state index in [1.54, 1.807) is 17.7 Å². The van der Waals surface area contributed by atoms with Crippen LogP contribution in [0.15, 0.2) is 42.2 Å². The molecule has 0 aliphatic carbocycles. The highest BCUT2D eigenvalue weighted by molar-refractivity contribution is 7.16. The van der Waals surface area contributed by atoms with E-state index in [-0.39, 0.29) is 12.1 Å².